The van der Waals surface area contributed by atoms with E-state index >= 15 is 0 Å². The lowest BCUT2D eigenvalue weighted by Gasteiger charge is -2.30. The Morgan fingerprint density at radius 1 is 0.694 bits per heavy atom. The topological polar surface area (TPSA) is 394 Å². The predicted molar refractivity (Wildman–Crippen MR) is 226 cm³/mol. The molecule has 0 radical (unpaired) electrons. The molecule has 62 heavy (non-hydrogen) atoms. The van der Waals surface area contributed by atoms with Crippen molar-refractivity contribution in [3.05, 3.63) is 0 Å². The number of nitrogens with zero attached hydrogens (tertiary/aromatic N) is 1. The van der Waals surface area contributed by atoms with E-state index in [9.17, 15) is 63.0 Å². The van der Waals surface area contributed by atoms with E-state index in [1.165, 1.54) is 18.7 Å². The Morgan fingerprint density at radius 3 is 1.73 bits per heavy atom. The van der Waals surface area contributed by atoms with Crippen LogP contribution in [0.25, 0.3) is 0 Å². The maximum Gasteiger partial charge on any atom is 0.327 e. The predicted octanol–water partition coefficient (Wildman–Crippen LogP) is -5.75. The van der Waals surface area contributed by atoms with E-state index in [0.717, 1.165) is 0 Å². The van der Waals surface area contributed by atoms with Crippen molar-refractivity contribution in [1.82, 2.24) is 42.1 Å². The first-order valence-corrected chi connectivity index (χ1v) is 21.0. The Labute approximate surface area is 369 Å². The van der Waals surface area contributed by atoms with Gasteiger partial charge in [-0.15, -0.1) is 0 Å². The minimum Gasteiger partial charge on any atom is -0.480 e. The molecule has 0 aromatic heterocycles. The van der Waals surface area contributed by atoms with Crippen LogP contribution in [0.3, 0.4) is 0 Å². The number of carboxylic acid groups (broad SMARTS) is 1. The zero-order chi connectivity index (χ0) is 47.4. The lowest BCUT2D eigenvalue weighted by Crippen LogP contribution is -2.60. The maximum absolute atomic E-state index is 13.6. The number of nitrogens with one attached hydrogen (secondary N) is 7. The van der Waals surface area contributed by atoms with E-state index in [-0.39, 0.29) is 56.1 Å². The molecule has 1 fully saturated rings. The number of nitrogens with two attached hydrogens (primary N) is 3. The average molecular weight is 920 g/mol. The second-order valence-electron chi connectivity index (χ2n) is 15.1. The molecule has 15 N–H and O–H groups in total. The van der Waals surface area contributed by atoms with Gasteiger partial charge in [0.1, 0.15) is 42.3 Å². The standard InChI is InChI=1S/C36H61N11O13S2/c1-16(2)12-22(32(55)45-23(15-62)36(59)60)44-33(56)24-6-5-11-47(24)35(58)17(3)41-34(57)28(18(4)48)46-27(51)13-40-30(53)20(7-9-25(38)49)43-31(54)21(8-10-26(39)50)42-29(52)19(37)14-61/h16-24,28,48,61-62H,5-15,37H2,1-4H3,(H2,38,49)(H2,39,50)(H,40,53)(H,41,57)(H,42,52)(H,43,54)(H,44,56)(H,45,55)(H,46,51)(H,59,60)/t17-,18+,19-,20-,21-,22-,23-,24-,28-/m0/s1. The van der Waals surface area contributed by atoms with Gasteiger partial charge >= 0.3 is 5.97 Å². The van der Waals surface area contributed by atoms with Crippen molar-refractivity contribution in [2.45, 2.75) is 127 Å². The Morgan fingerprint density at radius 2 is 1.23 bits per heavy atom. The van der Waals surface area contributed by atoms with Crippen LogP contribution in [0.5, 0.6) is 0 Å². The number of thiol groups is 2. The van der Waals surface area contributed by atoms with Crippen molar-refractivity contribution in [3.63, 3.8) is 0 Å². The van der Waals surface area contributed by atoms with Crippen molar-refractivity contribution in [2.24, 2.45) is 23.1 Å². The summed E-state index contributed by atoms with van der Waals surface area (Å²) in [6, 6.07) is -10.5. The van der Waals surface area contributed by atoms with E-state index in [2.05, 4.69) is 62.5 Å². The van der Waals surface area contributed by atoms with Crippen LogP contribution in [0.2, 0.25) is 0 Å². The third kappa shape index (κ3) is 18.8. The first-order valence-electron chi connectivity index (χ1n) is 19.8. The highest BCUT2D eigenvalue weighted by molar-refractivity contribution is 7.80. The highest BCUT2D eigenvalue weighted by Gasteiger charge is 2.39. The molecule has 0 spiro atoms. The first-order chi connectivity index (χ1) is 28.9. The number of aliphatic hydroxyl groups excluding tert-OH is 1. The first kappa shape index (κ1) is 54.8. The van der Waals surface area contributed by atoms with Crippen LogP contribution in [0.1, 0.15) is 72.6 Å². The number of likely N-dealkylation sites (tertiary alicyclic amines) is 1. The lowest BCUT2D eigenvalue weighted by atomic mass is 10.0. The summed E-state index contributed by atoms with van der Waals surface area (Å²) in [5.74, 6) is -10.2. The van der Waals surface area contributed by atoms with E-state index in [0.29, 0.717) is 6.42 Å². The number of hydrogen-bond acceptors (Lipinski definition) is 15. The number of amides is 10. The van der Waals surface area contributed by atoms with E-state index in [1.54, 1.807) is 13.8 Å². The van der Waals surface area contributed by atoms with Crippen molar-refractivity contribution < 1.29 is 63.0 Å². The number of carbonyl (C=O) groups excluding carboxylic acids is 10. The van der Waals surface area contributed by atoms with Gasteiger partial charge in [0, 0.05) is 30.9 Å². The Kier molecular flexibility index (Phi) is 23.8. The molecule has 1 heterocycles. The van der Waals surface area contributed by atoms with Gasteiger partial charge in [0.2, 0.25) is 59.1 Å². The molecule has 1 rings (SSSR count). The Hall–Kier alpha value is -5.21. The minimum atomic E-state index is -1.67. The Bertz CT molecular complexity index is 1650. The van der Waals surface area contributed by atoms with E-state index in [4.69, 9.17) is 17.2 Å². The summed E-state index contributed by atoms with van der Waals surface area (Å²) in [4.78, 5) is 140. The van der Waals surface area contributed by atoms with Crippen LogP contribution in [-0.4, -0.2) is 159 Å². The number of primary amides is 2. The molecule has 0 aromatic rings. The fourth-order valence-electron chi connectivity index (χ4n) is 6.01. The molecule has 1 saturated heterocycles. The molecular formula is C36H61N11O13S2. The quantitative estimate of drug-likeness (QED) is 0.0342. The summed E-state index contributed by atoms with van der Waals surface area (Å²) in [7, 11) is 0. The third-order valence-corrected chi connectivity index (χ3v) is 10.1. The lowest BCUT2D eigenvalue weighted by molar-refractivity contribution is -0.143. The average Bonchev–Trinajstić information content (AvgIpc) is 3.69. The van der Waals surface area contributed by atoms with Crippen LogP contribution in [0.4, 0.5) is 0 Å². The summed E-state index contributed by atoms with van der Waals surface area (Å²) in [5, 5.41) is 36.2. The zero-order valence-corrected chi connectivity index (χ0v) is 36.8. The molecule has 0 saturated carbocycles. The largest absolute Gasteiger partial charge is 0.480 e. The monoisotopic (exact) mass is 919 g/mol. The van der Waals surface area contributed by atoms with Gasteiger partial charge in [-0.25, -0.2) is 4.79 Å². The number of hydrogen-bond donors (Lipinski definition) is 14. The summed E-state index contributed by atoms with van der Waals surface area (Å²) >= 11 is 7.87. The van der Waals surface area contributed by atoms with Crippen LogP contribution in [0, 0.1) is 5.92 Å². The van der Waals surface area contributed by atoms with Gasteiger partial charge in [-0.2, -0.15) is 25.3 Å². The number of rotatable bonds is 27. The summed E-state index contributed by atoms with van der Waals surface area (Å²) < 4.78 is 0. The van der Waals surface area contributed by atoms with Crippen LogP contribution in [0.15, 0.2) is 0 Å². The summed E-state index contributed by atoms with van der Waals surface area (Å²) in [6.07, 6.45) is -2.17. The number of carboxylic acids is 1. The van der Waals surface area contributed by atoms with Crippen LogP contribution < -0.4 is 54.4 Å². The number of aliphatic hydroxyl groups is 1. The van der Waals surface area contributed by atoms with Gasteiger partial charge in [0.15, 0.2) is 0 Å². The molecule has 0 bridgehead atoms. The number of aliphatic carboxylic acids is 1. The second kappa shape index (κ2) is 27.0. The van der Waals surface area contributed by atoms with Gasteiger partial charge in [-0.05, 0) is 51.9 Å². The molecule has 1 aliphatic rings. The molecule has 26 heteroatoms. The second-order valence-corrected chi connectivity index (χ2v) is 15.8. The normalized spacial score (nSPS) is 17.4. The SMILES string of the molecule is CC(C)C[C@H](NC(=O)[C@@H]1CCCN1C(=O)[C@H](C)NC(=O)[C@@H](NC(=O)CNC(=O)[C@H](CCC(N)=O)NC(=O)[C@H](CCC(N)=O)NC(=O)[C@@H](N)CS)[C@@H](C)O)C(=O)N[C@@H](CS)C(=O)O. The fraction of sp³-hybridized carbons (Fsp3) is 0.694. The smallest absolute Gasteiger partial charge is 0.327 e. The van der Waals surface area contributed by atoms with Gasteiger partial charge in [0.25, 0.3) is 0 Å². The molecule has 24 nitrogen and oxygen atoms in total. The highest BCUT2D eigenvalue weighted by Crippen LogP contribution is 2.20. The molecule has 0 aliphatic carbocycles. The van der Waals surface area contributed by atoms with Gasteiger partial charge in [-0.1, -0.05) is 13.8 Å². The molecule has 0 unspecified atom stereocenters. The highest BCUT2D eigenvalue weighted by atomic mass is 32.1. The van der Waals surface area contributed by atoms with Crippen molar-refractivity contribution in [3.8, 4) is 0 Å². The van der Waals surface area contributed by atoms with Crippen molar-refractivity contribution in [2.75, 3.05) is 24.6 Å². The molecule has 1 aliphatic heterocycles. The third-order valence-electron chi connectivity index (χ3n) is 9.37. The molecule has 10 amide bonds. The van der Waals surface area contributed by atoms with E-state index in [1.807, 2.05) is 0 Å². The zero-order valence-electron chi connectivity index (χ0n) is 35.0. The molecular weight excluding hydrogens is 859 g/mol. The Balaban J connectivity index is 3.01. The summed E-state index contributed by atoms with van der Waals surface area (Å²) in [5.41, 5.74) is 16.1. The van der Waals surface area contributed by atoms with Crippen LogP contribution >= 0.6 is 25.3 Å². The minimum absolute atomic E-state index is 0.0865. The van der Waals surface area contributed by atoms with Gasteiger partial charge in [-0.3, -0.25) is 47.9 Å². The van der Waals surface area contributed by atoms with Gasteiger partial charge < -0.3 is 69.5 Å². The van der Waals surface area contributed by atoms with E-state index < -0.39 is 132 Å². The molecule has 0 aromatic carbocycles. The van der Waals surface area contributed by atoms with Crippen molar-refractivity contribution >= 4 is 90.3 Å². The fourth-order valence-corrected chi connectivity index (χ4v) is 6.42. The van der Waals surface area contributed by atoms with Crippen molar-refractivity contribution in [1.29, 1.82) is 0 Å². The van der Waals surface area contributed by atoms with Gasteiger partial charge in [0.05, 0.1) is 18.7 Å². The maximum atomic E-state index is 13.6. The molecule has 350 valence electrons. The van der Waals surface area contributed by atoms with Crippen LogP contribution in [-0.2, 0) is 52.7 Å². The number of carbonyl (C=O) groups is 11. The summed E-state index contributed by atoms with van der Waals surface area (Å²) in [6.45, 7) is 5.36. The molecule has 9 atom stereocenters.